The van der Waals surface area contributed by atoms with Gasteiger partial charge in [0.05, 0.1) is 18.8 Å². The van der Waals surface area contributed by atoms with Crippen molar-refractivity contribution < 1.29 is 15.3 Å². The standard InChI is InChI=1S/C16H19NO3/c18-11-15(20)10-17-16(12-4-2-1-3-5-12)13-6-8-14(19)9-7-13/h1-9,15-20H,10-11H2. The first-order valence-electron chi connectivity index (χ1n) is 6.57. The molecule has 0 saturated carbocycles. The summed E-state index contributed by atoms with van der Waals surface area (Å²) in [5, 5.41) is 31.0. The molecule has 4 N–H and O–H groups in total. The van der Waals surface area contributed by atoms with Crippen molar-refractivity contribution >= 4 is 0 Å². The van der Waals surface area contributed by atoms with Gasteiger partial charge in [0.25, 0.3) is 0 Å². The fourth-order valence-corrected chi connectivity index (χ4v) is 2.06. The summed E-state index contributed by atoms with van der Waals surface area (Å²) in [5.74, 6) is 0.218. The molecule has 0 aliphatic carbocycles. The number of rotatable bonds is 6. The topological polar surface area (TPSA) is 72.7 Å². The van der Waals surface area contributed by atoms with Crippen LogP contribution in [0.1, 0.15) is 17.2 Å². The summed E-state index contributed by atoms with van der Waals surface area (Å²) in [6.45, 7) is 0.0149. The molecular formula is C16H19NO3. The molecule has 0 amide bonds. The zero-order valence-electron chi connectivity index (χ0n) is 11.1. The number of phenolic OH excluding ortho intramolecular Hbond substituents is 1. The molecule has 0 spiro atoms. The largest absolute Gasteiger partial charge is 0.508 e. The Morgan fingerprint density at radius 3 is 2.10 bits per heavy atom. The second-order valence-electron chi connectivity index (χ2n) is 4.68. The predicted octanol–water partition coefficient (Wildman–Crippen LogP) is 1.42. The van der Waals surface area contributed by atoms with Crippen LogP contribution in [0.4, 0.5) is 0 Å². The van der Waals surface area contributed by atoms with E-state index in [4.69, 9.17) is 5.11 Å². The van der Waals surface area contributed by atoms with Crippen molar-refractivity contribution in [3.63, 3.8) is 0 Å². The molecule has 106 valence electrons. The predicted molar refractivity (Wildman–Crippen MR) is 77.5 cm³/mol. The highest BCUT2D eigenvalue weighted by atomic mass is 16.3. The van der Waals surface area contributed by atoms with Gasteiger partial charge >= 0.3 is 0 Å². The van der Waals surface area contributed by atoms with Crippen molar-refractivity contribution in [3.8, 4) is 5.75 Å². The minimum Gasteiger partial charge on any atom is -0.508 e. The van der Waals surface area contributed by atoms with Crippen molar-refractivity contribution in [1.82, 2.24) is 5.32 Å². The summed E-state index contributed by atoms with van der Waals surface area (Å²) in [6, 6.07) is 16.7. The maximum Gasteiger partial charge on any atom is 0.115 e. The lowest BCUT2D eigenvalue weighted by Gasteiger charge is -2.21. The van der Waals surface area contributed by atoms with Gasteiger partial charge in [0.15, 0.2) is 0 Å². The maximum atomic E-state index is 9.49. The fourth-order valence-electron chi connectivity index (χ4n) is 2.06. The van der Waals surface area contributed by atoms with E-state index in [2.05, 4.69) is 5.32 Å². The summed E-state index contributed by atoms with van der Waals surface area (Å²) in [4.78, 5) is 0. The molecule has 0 radical (unpaired) electrons. The van der Waals surface area contributed by atoms with Gasteiger partial charge in [0.2, 0.25) is 0 Å². The zero-order chi connectivity index (χ0) is 14.4. The lowest BCUT2D eigenvalue weighted by molar-refractivity contribution is 0.0929. The Hall–Kier alpha value is -1.88. The Kier molecular flexibility index (Phi) is 5.12. The third kappa shape index (κ3) is 3.81. The summed E-state index contributed by atoms with van der Waals surface area (Å²) in [7, 11) is 0. The molecule has 4 heteroatoms. The minimum atomic E-state index is -0.793. The van der Waals surface area contributed by atoms with Gasteiger partial charge < -0.3 is 20.6 Å². The van der Waals surface area contributed by atoms with E-state index in [1.807, 2.05) is 42.5 Å². The van der Waals surface area contributed by atoms with Crippen molar-refractivity contribution in [2.45, 2.75) is 12.1 Å². The van der Waals surface area contributed by atoms with Gasteiger partial charge in [-0.05, 0) is 23.3 Å². The van der Waals surface area contributed by atoms with E-state index in [-0.39, 0.29) is 24.9 Å². The lowest BCUT2D eigenvalue weighted by Crippen LogP contribution is -2.32. The van der Waals surface area contributed by atoms with Crippen LogP contribution in [0.3, 0.4) is 0 Å². The molecule has 0 aromatic heterocycles. The van der Waals surface area contributed by atoms with Crippen LogP contribution in [0.15, 0.2) is 54.6 Å². The fraction of sp³-hybridized carbons (Fsp3) is 0.250. The van der Waals surface area contributed by atoms with E-state index < -0.39 is 6.10 Å². The van der Waals surface area contributed by atoms with Crippen LogP contribution in [0, 0.1) is 0 Å². The Labute approximate surface area is 118 Å². The molecule has 0 aliphatic heterocycles. The average Bonchev–Trinajstić information content (AvgIpc) is 2.50. The second kappa shape index (κ2) is 7.05. The number of nitrogens with one attached hydrogen (secondary N) is 1. The molecule has 0 heterocycles. The molecular weight excluding hydrogens is 254 g/mol. The molecule has 0 saturated heterocycles. The Bertz CT molecular complexity index is 513. The summed E-state index contributed by atoms with van der Waals surface area (Å²) in [5.41, 5.74) is 2.04. The van der Waals surface area contributed by atoms with Crippen LogP contribution in [0.25, 0.3) is 0 Å². The Morgan fingerprint density at radius 2 is 1.50 bits per heavy atom. The van der Waals surface area contributed by atoms with Crippen molar-refractivity contribution in [3.05, 3.63) is 65.7 Å². The molecule has 0 bridgehead atoms. The van der Waals surface area contributed by atoms with Gasteiger partial charge in [-0.2, -0.15) is 0 Å². The first-order chi connectivity index (χ1) is 9.70. The number of hydrogen-bond donors (Lipinski definition) is 4. The maximum absolute atomic E-state index is 9.49. The van der Waals surface area contributed by atoms with Crippen LogP contribution in [-0.2, 0) is 0 Å². The number of phenols is 1. The number of aliphatic hydroxyl groups excluding tert-OH is 2. The van der Waals surface area contributed by atoms with Gasteiger partial charge in [-0.3, -0.25) is 0 Å². The van der Waals surface area contributed by atoms with E-state index in [0.717, 1.165) is 11.1 Å². The zero-order valence-corrected chi connectivity index (χ0v) is 11.1. The number of benzene rings is 2. The summed E-state index contributed by atoms with van der Waals surface area (Å²) in [6.07, 6.45) is -0.793. The number of aliphatic hydroxyl groups is 2. The molecule has 0 aliphatic rings. The van der Waals surface area contributed by atoms with Crippen LogP contribution in [0.5, 0.6) is 5.75 Å². The van der Waals surface area contributed by atoms with Gasteiger partial charge in [-0.25, -0.2) is 0 Å². The van der Waals surface area contributed by atoms with Crippen LogP contribution >= 0.6 is 0 Å². The molecule has 4 nitrogen and oxygen atoms in total. The van der Waals surface area contributed by atoms with Crippen molar-refractivity contribution in [2.75, 3.05) is 13.2 Å². The first kappa shape index (κ1) is 14.5. The Morgan fingerprint density at radius 1 is 0.900 bits per heavy atom. The van der Waals surface area contributed by atoms with Gasteiger partial charge in [-0.15, -0.1) is 0 Å². The third-order valence-corrected chi connectivity index (χ3v) is 3.13. The molecule has 2 atom stereocenters. The van der Waals surface area contributed by atoms with Crippen molar-refractivity contribution in [1.29, 1.82) is 0 Å². The average molecular weight is 273 g/mol. The highest BCUT2D eigenvalue weighted by Crippen LogP contribution is 2.23. The highest BCUT2D eigenvalue weighted by Gasteiger charge is 2.14. The SMILES string of the molecule is OCC(O)CNC(c1ccccc1)c1ccc(O)cc1. The van der Waals surface area contributed by atoms with Gasteiger partial charge in [0.1, 0.15) is 5.75 Å². The molecule has 2 unspecified atom stereocenters. The Balaban J connectivity index is 2.22. The van der Waals surface area contributed by atoms with Crippen molar-refractivity contribution in [2.24, 2.45) is 0 Å². The van der Waals surface area contributed by atoms with Crippen LogP contribution in [0.2, 0.25) is 0 Å². The third-order valence-electron chi connectivity index (χ3n) is 3.13. The van der Waals surface area contributed by atoms with Crippen LogP contribution < -0.4 is 5.32 Å². The smallest absolute Gasteiger partial charge is 0.115 e. The summed E-state index contributed by atoms with van der Waals surface area (Å²) >= 11 is 0. The number of hydrogen-bond acceptors (Lipinski definition) is 4. The normalized spacial score (nSPS) is 13.9. The van der Waals surface area contributed by atoms with E-state index in [1.165, 1.54) is 0 Å². The van der Waals surface area contributed by atoms with Crippen LogP contribution in [-0.4, -0.2) is 34.6 Å². The molecule has 0 fully saturated rings. The summed E-state index contributed by atoms with van der Waals surface area (Å²) < 4.78 is 0. The van der Waals surface area contributed by atoms with E-state index >= 15 is 0 Å². The minimum absolute atomic E-state index is 0.0991. The van der Waals surface area contributed by atoms with E-state index in [9.17, 15) is 10.2 Å². The van der Waals surface area contributed by atoms with Gasteiger partial charge in [-0.1, -0.05) is 42.5 Å². The van der Waals surface area contributed by atoms with E-state index in [0.29, 0.717) is 0 Å². The molecule has 2 rings (SSSR count). The van der Waals surface area contributed by atoms with Gasteiger partial charge in [0, 0.05) is 6.54 Å². The second-order valence-corrected chi connectivity index (χ2v) is 4.68. The molecule has 20 heavy (non-hydrogen) atoms. The number of aromatic hydroxyl groups is 1. The highest BCUT2D eigenvalue weighted by molar-refractivity contribution is 5.34. The quantitative estimate of drug-likeness (QED) is 0.642. The molecule has 2 aromatic carbocycles. The molecule has 2 aromatic rings. The van der Waals surface area contributed by atoms with E-state index in [1.54, 1.807) is 12.1 Å². The monoisotopic (exact) mass is 273 g/mol. The lowest BCUT2D eigenvalue weighted by atomic mass is 9.98. The first-order valence-corrected chi connectivity index (χ1v) is 6.57.